The molecule has 0 atom stereocenters. The summed E-state index contributed by atoms with van der Waals surface area (Å²) in [5.74, 6) is 0. The summed E-state index contributed by atoms with van der Waals surface area (Å²) in [6.07, 6.45) is 11.7. The molecule has 0 spiro atoms. The molecule has 4 aliphatic carbocycles. The van der Waals surface area contributed by atoms with Crippen molar-refractivity contribution in [1.29, 1.82) is 0 Å². The van der Waals surface area contributed by atoms with Crippen LogP contribution in [0.3, 0.4) is 0 Å². The van der Waals surface area contributed by atoms with Gasteiger partial charge in [0.05, 0.1) is 0 Å². The van der Waals surface area contributed by atoms with Crippen LogP contribution in [0.15, 0.2) is 11.1 Å². The molecule has 0 unspecified atom stereocenters. The van der Waals surface area contributed by atoms with Gasteiger partial charge in [0.1, 0.15) is 0 Å². The molecule has 4 fully saturated rings. The van der Waals surface area contributed by atoms with Gasteiger partial charge in [-0.15, -0.1) is 0 Å². The summed E-state index contributed by atoms with van der Waals surface area (Å²) in [7, 11) is 0. The summed E-state index contributed by atoms with van der Waals surface area (Å²) in [5.41, 5.74) is 6.37. The average molecular weight is 244 g/mol. The Morgan fingerprint density at radius 2 is 0.611 bits per heavy atom. The average Bonchev–Trinajstić information content (AvgIpc) is 3.04. The zero-order chi connectivity index (χ0) is 12.8. The van der Waals surface area contributed by atoms with Gasteiger partial charge in [-0.2, -0.15) is 0 Å². The molecule has 0 saturated heterocycles. The second-order valence-corrected chi connectivity index (χ2v) is 8.99. The molecule has 0 aromatic heterocycles. The van der Waals surface area contributed by atoms with Crippen molar-refractivity contribution in [3.8, 4) is 0 Å². The molecule has 0 heterocycles. The van der Waals surface area contributed by atoms with Crippen LogP contribution in [0.2, 0.25) is 0 Å². The van der Waals surface area contributed by atoms with E-state index in [2.05, 4.69) is 27.7 Å². The van der Waals surface area contributed by atoms with Gasteiger partial charge in [-0.1, -0.05) is 38.8 Å². The molecular formula is C18H28. The van der Waals surface area contributed by atoms with E-state index in [4.69, 9.17) is 0 Å². The van der Waals surface area contributed by atoms with Gasteiger partial charge < -0.3 is 0 Å². The predicted octanol–water partition coefficient (Wildman–Crippen LogP) is 5.48. The molecule has 18 heavy (non-hydrogen) atoms. The van der Waals surface area contributed by atoms with Gasteiger partial charge in [0.2, 0.25) is 0 Å². The Morgan fingerprint density at radius 3 is 0.722 bits per heavy atom. The molecule has 4 saturated carbocycles. The molecule has 0 nitrogen and oxygen atoms in total. The van der Waals surface area contributed by atoms with Crippen LogP contribution in [0.25, 0.3) is 0 Å². The highest BCUT2D eigenvalue weighted by Crippen LogP contribution is 2.74. The van der Waals surface area contributed by atoms with Crippen LogP contribution >= 0.6 is 0 Å². The van der Waals surface area contributed by atoms with Crippen LogP contribution in [-0.2, 0) is 0 Å². The second kappa shape index (κ2) is 2.91. The molecule has 0 aliphatic heterocycles. The third-order valence-electron chi connectivity index (χ3n) is 6.66. The molecule has 0 radical (unpaired) electrons. The number of allylic oxidation sites excluding steroid dienone is 2. The minimum Gasteiger partial charge on any atom is -0.0581 e. The monoisotopic (exact) mass is 244 g/mol. The van der Waals surface area contributed by atoms with E-state index in [9.17, 15) is 0 Å². The topological polar surface area (TPSA) is 0 Å². The SMILES string of the molecule is CC1(C(=C(C2(C)CC2)C2(C)CC2)C2(C)CC2)CC1. The van der Waals surface area contributed by atoms with Crippen molar-refractivity contribution in [2.24, 2.45) is 21.7 Å². The van der Waals surface area contributed by atoms with E-state index in [0.717, 1.165) is 0 Å². The van der Waals surface area contributed by atoms with Crippen molar-refractivity contribution < 1.29 is 0 Å². The molecule has 0 heteroatoms. The van der Waals surface area contributed by atoms with Crippen molar-refractivity contribution in [2.75, 3.05) is 0 Å². The first-order valence-corrected chi connectivity index (χ1v) is 8.08. The van der Waals surface area contributed by atoms with E-state index < -0.39 is 0 Å². The van der Waals surface area contributed by atoms with Crippen LogP contribution in [-0.4, -0.2) is 0 Å². The van der Waals surface area contributed by atoms with Gasteiger partial charge in [-0.25, -0.2) is 0 Å². The molecule has 0 bridgehead atoms. The highest BCUT2D eigenvalue weighted by molar-refractivity contribution is 5.45. The lowest BCUT2D eigenvalue weighted by Gasteiger charge is -2.33. The standard InChI is InChI=1S/C18H28/c1-15(5-6-15)13(16(2)7-8-16)14(17(3)9-10-17)18(4)11-12-18/h5-12H2,1-4H3. The van der Waals surface area contributed by atoms with E-state index in [0.29, 0.717) is 21.7 Å². The highest BCUT2D eigenvalue weighted by atomic mass is 14.7. The lowest BCUT2D eigenvalue weighted by molar-refractivity contribution is 0.447. The van der Waals surface area contributed by atoms with Gasteiger partial charge in [0, 0.05) is 0 Å². The summed E-state index contributed by atoms with van der Waals surface area (Å²) in [6.45, 7) is 10.2. The maximum Gasteiger partial charge on any atom is -0.0107 e. The van der Waals surface area contributed by atoms with E-state index in [1.165, 1.54) is 51.4 Å². The Morgan fingerprint density at radius 1 is 0.444 bits per heavy atom. The van der Waals surface area contributed by atoms with Crippen molar-refractivity contribution >= 4 is 0 Å². The van der Waals surface area contributed by atoms with Crippen LogP contribution in [0, 0.1) is 21.7 Å². The highest BCUT2D eigenvalue weighted by Gasteiger charge is 2.62. The van der Waals surface area contributed by atoms with Gasteiger partial charge in [-0.05, 0) is 73.0 Å². The minimum absolute atomic E-state index is 0.609. The number of rotatable bonds is 4. The maximum atomic E-state index is 2.56. The second-order valence-electron chi connectivity index (χ2n) is 8.99. The normalized spacial score (nSPS) is 34.7. The Hall–Kier alpha value is -0.260. The molecule has 4 rings (SSSR count). The van der Waals surface area contributed by atoms with E-state index in [-0.39, 0.29) is 0 Å². The van der Waals surface area contributed by atoms with Crippen molar-refractivity contribution in [3.05, 3.63) is 11.1 Å². The Balaban J connectivity index is 1.89. The van der Waals surface area contributed by atoms with E-state index >= 15 is 0 Å². The molecule has 100 valence electrons. The summed E-state index contributed by atoms with van der Waals surface area (Å²) in [5, 5.41) is 0. The van der Waals surface area contributed by atoms with Crippen LogP contribution < -0.4 is 0 Å². The lowest BCUT2D eigenvalue weighted by Crippen LogP contribution is -2.22. The van der Waals surface area contributed by atoms with Gasteiger partial charge >= 0.3 is 0 Å². The van der Waals surface area contributed by atoms with Gasteiger partial charge in [-0.3, -0.25) is 0 Å². The lowest BCUT2D eigenvalue weighted by atomic mass is 9.71. The fourth-order valence-electron chi connectivity index (χ4n) is 4.41. The molecule has 4 aliphatic rings. The summed E-state index contributed by atoms with van der Waals surface area (Å²) < 4.78 is 0. The Kier molecular flexibility index (Phi) is 1.87. The van der Waals surface area contributed by atoms with Crippen LogP contribution in [0.1, 0.15) is 79.1 Å². The van der Waals surface area contributed by atoms with Crippen LogP contribution in [0.5, 0.6) is 0 Å². The van der Waals surface area contributed by atoms with Gasteiger partial charge in [0.15, 0.2) is 0 Å². The number of hydrogen-bond donors (Lipinski definition) is 0. The first-order valence-electron chi connectivity index (χ1n) is 8.08. The first-order chi connectivity index (χ1) is 8.32. The zero-order valence-electron chi connectivity index (χ0n) is 12.7. The summed E-state index contributed by atoms with van der Waals surface area (Å²) in [4.78, 5) is 0. The quantitative estimate of drug-likeness (QED) is 0.574. The summed E-state index contributed by atoms with van der Waals surface area (Å²) in [6, 6.07) is 0. The Bertz CT molecular complexity index is 353. The fourth-order valence-corrected chi connectivity index (χ4v) is 4.41. The number of hydrogen-bond acceptors (Lipinski definition) is 0. The maximum absolute atomic E-state index is 2.56. The largest absolute Gasteiger partial charge is 0.0581 e. The predicted molar refractivity (Wildman–Crippen MR) is 76.4 cm³/mol. The smallest absolute Gasteiger partial charge is 0.0107 e. The molecule has 0 aromatic carbocycles. The van der Waals surface area contributed by atoms with E-state index in [1.54, 1.807) is 0 Å². The van der Waals surface area contributed by atoms with Crippen molar-refractivity contribution in [1.82, 2.24) is 0 Å². The minimum atomic E-state index is 0.609. The Labute approximate surface area is 112 Å². The third-order valence-corrected chi connectivity index (χ3v) is 6.66. The van der Waals surface area contributed by atoms with Crippen molar-refractivity contribution in [2.45, 2.75) is 79.1 Å². The van der Waals surface area contributed by atoms with E-state index in [1.807, 2.05) is 11.1 Å². The molecule has 0 aromatic rings. The zero-order valence-corrected chi connectivity index (χ0v) is 12.7. The molecular weight excluding hydrogens is 216 g/mol. The van der Waals surface area contributed by atoms with Crippen molar-refractivity contribution in [3.63, 3.8) is 0 Å². The molecule has 0 amide bonds. The summed E-state index contributed by atoms with van der Waals surface area (Å²) >= 11 is 0. The van der Waals surface area contributed by atoms with Gasteiger partial charge in [0.25, 0.3) is 0 Å². The fraction of sp³-hybridized carbons (Fsp3) is 0.889. The first kappa shape index (κ1) is 11.6. The molecule has 0 N–H and O–H groups in total. The third kappa shape index (κ3) is 1.50. The van der Waals surface area contributed by atoms with Crippen LogP contribution in [0.4, 0.5) is 0 Å².